The molecule has 2 nitrogen and oxygen atoms in total. The van der Waals surface area contributed by atoms with Crippen molar-refractivity contribution in [3.05, 3.63) is 27.7 Å². The van der Waals surface area contributed by atoms with E-state index < -0.39 is 0 Å². The van der Waals surface area contributed by atoms with Gasteiger partial charge in [0.25, 0.3) is 0 Å². The number of nitrogens with one attached hydrogen (secondary N) is 1. The van der Waals surface area contributed by atoms with Gasteiger partial charge in [-0.1, -0.05) is 22.9 Å². The molecule has 1 aliphatic rings. The van der Waals surface area contributed by atoms with Crippen LogP contribution in [0.5, 0.6) is 5.75 Å². The van der Waals surface area contributed by atoms with Crippen LogP contribution in [0.3, 0.4) is 0 Å². The first kappa shape index (κ1) is 14.9. The minimum atomic E-state index is 0.395. The molecule has 0 unspecified atom stereocenters. The third-order valence-corrected chi connectivity index (χ3v) is 4.39. The Labute approximate surface area is 125 Å². The van der Waals surface area contributed by atoms with E-state index in [1.807, 2.05) is 7.05 Å². The minimum absolute atomic E-state index is 0.395. The largest absolute Gasteiger partial charge is 0.490 e. The Morgan fingerprint density at radius 3 is 2.58 bits per heavy atom. The summed E-state index contributed by atoms with van der Waals surface area (Å²) < 4.78 is 7.44. The lowest BCUT2D eigenvalue weighted by Crippen LogP contribution is -2.24. The zero-order chi connectivity index (χ0) is 13.8. The number of rotatable bonds is 4. The predicted molar refractivity (Wildman–Crippen MR) is 83.7 cm³/mol. The molecular weight excluding hydrogens is 302 g/mol. The predicted octanol–water partition coefficient (Wildman–Crippen LogP) is 4.43. The van der Waals surface area contributed by atoms with Gasteiger partial charge in [0.1, 0.15) is 5.75 Å². The smallest absolute Gasteiger partial charge is 0.127 e. The lowest BCUT2D eigenvalue weighted by atomic mass is 9.89. The summed E-state index contributed by atoms with van der Waals surface area (Å²) in [7, 11) is 1.97. The van der Waals surface area contributed by atoms with Crippen molar-refractivity contribution < 1.29 is 4.74 Å². The Hall–Kier alpha value is -0.540. The van der Waals surface area contributed by atoms with Crippen LogP contribution in [0.4, 0.5) is 0 Å². The Kier molecular flexibility index (Phi) is 5.28. The second kappa shape index (κ2) is 6.76. The average molecular weight is 326 g/mol. The first-order valence-corrected chi connectivity index (χ1v) is 7.99. The lowest BCUT2D eigenvalue weighted by molar-refractivity contribution is 0.133. The van der Waals surface area contributed by atoms with Gasteiger partial charge in [-0.25, -0.2) is 0 Å². The van der Waals surface area contributed by atoms with Gasteiger partial charge < -0.3 is 10.1 Å². The van der Waals surface area contributed by atoms with E-state index in [4.69, 9.17) is 4.74 Å². The molecule has 0 bridgehead atoms. The van der Waals surface area contributed by atoms with E-state index in [1.54, 1.807) is 0 Å². The van der Waals surface area contributed by atoms with Crippen molar-refractivity contribution in [2.24, 2.45) is 5.92 Å². The molecule has 1 saturated carbocycles. The van der Waals surface area contributed by atoms with Gasteiger partial charge in [0.15, 0.2) is 0 Å². The summed E-state index contributed by atoms with van der Waals surface area (Å²) in [5.74, 6) is 1.94. The summed E-state index contributed by atoms with van der Waals surface area (Å²) in [6, 6.07) is 4.30. The number of ether oxygens (including phenoxy) is 1. The molecule has 1 aromatic rings. The van der Waals surface area contributed by atoms with Crippen LogP contribution in [0.25, 0.3) is 0 Å². The Morgan fingerprint density at radius 1 is 1.26 bits per heavy atom. The van der Waals surface area contributed by atoms with Crippen molar-refractivity contribution in [1.82, 2.24) is 5.32 Å². The Balaban J connectivity index is 2.14. The summed E-state index contributed by atoms with van der Waals surface area (Å²) in [5, 5.41) is 3.22. The normalized spacial score (nSPS) is 23.4. The number of hydrogen-bond donors (Lipinski definition) is 1. The van der Waals surface area contributed by atoms with Crippen molar-refractivity contribution in [2.45, 2.75) is 52.2 Å². The summed E-state index contributed by atoms with van der Waals surface area (Å²) in [5.41, 5.74) is 2.46. The maximum atomic E-state index is 6.31. The van der Waals surface area contributed by atoms with Gasteiger partial charge >= 0.3 is 0 Å². The van der Waals surface area contributed by atoms with Gasteiger partial charge in [-0.3, -0.25) is 0 Å². The molecule has 0 amide bonds. The summed E-state index contributed by atoms with van der Waals surface area (Å²) in [4.78, 5) is 0. The molecular formula is C16H24BrNO. The molecule has 0 aromatic heterocycles. The zero-order valence-electron chi connectivity index (χ0n) is 12.1. The van der Waals surface area contributed by atoms with Crippen LogP contribution in [0.1, 0.15) is 43.7 Å². The van der Waals surface area contributed by atoms with Gasteiger partial charge in [-0.15, -0.1) is 0 Å². The molecule has 0 heterocycles. The number of hydrogen-bond acceptors (Lipinski definition) is 2. The maximum absolute atomic E-state index is 6.31. The summed E-state index contributed by atoms with van der Waals surface area (Å²) >= 11 is 3.57. The molecule has 19 heavy (non-hydrogen) atoms. The monoisotopic (exact) mass is 325 g/mol. The molecule has 1 fully saturated rings. The molecule has 1 aromatic carbocycles. The van der Waals surface area contributed by atoms with Crippen molar-refractivity contribution >= 4 is 15.9 Å². The third-order valence-electron chi connectivity index (χ3n) is 3.93. The van der Waals surface area contributed by atoms with Crippen LogP contribution >= 0.6 is 15.9 Å². The first-order chi connectivity index (χ1) is 9.10. The molecule has 2 rings (SSSR count). The molecule has 1 aliphatic carbocycles. The molecule has 0 saturated heterocycles. The Bertz CT molecular complexity index is 425. The van der Waals surface area contributed by atoms with Gasteiger partial charge in [-0.2, -0.15) is 0 Å². The fourth-order valence-electron chi connectivity index (χ4n) is 2.80. The molecule has 0 aliphatic heterocycles. The summed E-state index contributed by atoms with van der Waals surface area (Å²) in [6.45, 7) is 5.32. The highest BCUT2D eigenvalue weighted by Crippen LogP contribution is 2.32. The SMILES string of the molecule is CNCc1cc(Br)cc(C)c1OC1CCC(C)CC1. The maximum Gasteiger partial charge on any atom is 0.127 e. The van der Waals surface area contributed by atoms with Crippen molar-refractivity contribution in [3.63, 3.8) is 0 Å². The fraction of sp³-hybridized carbons (Fsp3) is 0.625. The highest BCUT2D eigenvalue weighted by atomic mass is 79.9. The molecule has 3 heteroatoms. The standard InChI is InChI=1S/C16H24BrNO/c1-11-4-6-15(7-5-11)19-16-12(2)8-14(17)9-13(16)10-18-3/h8-9,11,15,18H,4-7,10H2,1-3H3. The Morgan fingerprint density at radius 2 is 1.95 bits per heavy atom. The van der Waals surface area contributed by atoms with Crippen molar-refractivity contribution in [3.8, 4) is 5.75 Å². The molecule has 106 valence electrons. The van der Waals surface area contributed by atoms with Crippen LogP contribution in [-0.2, 0) is 6.54 Å². The molecule has 0 spiro atoms. The van der Waals surface area contributed by atoms with Crippen molar-refractivity contribution in [2.75, 3.05) is 7.05 Å². The quantitative estimate of drug-likeness (QED) is 0.883. The molecule has 1 N–H and O–H groups in total. The minimum Gasteiger partial charge on any atom is -0.490 e. The lowest BCUT2D eigenvalue weighted by Gasteiger charge is -2.28. The average Bonchev–Trinajstić information content (AvgIpc) is 2.36. The fourth-order valence-corrected chi connectivity index (χ4v) is 3.42. The molecule has 0 radical (unpaired) electrons. The second-order valence-corrected chi connectivity index (χ2v) is 6.66. The van der Waals surface area contributed by atoms with Gasteiger partial charge in [0, 0.05) is 16.6 Å². The van der Waals surface area contributed by atoms with E-state index in [0.717, 1.165) is 22.7 Å². The number of halogens is 1. The highest BCUT2D eigenvalue weighted by Gasteiger charge is 2.21. The van der Waals surface area contributed by atoms with E-state index in [0.29, 0.717) is 6.10 Å². The van der Waals surface area contributed by atoms with Gasteiger partial charge in [-0.05, 0) is 63.3 Å². The zero-order valence-corrected chi connectivity index (χ0v) is 13.7. The topological polar surface area (TPSA) is 21.3 Å². The highest BCUT2D eigenvalue weighted by molar-refractivity contribution is 9.10. The van der Waals surface area contributed by atoms with E-state index in [-0.39, 0.29) is 0 Å². The van der Waals surface area contributed by atoms with Gasteiger partial charge in [0.2, 0.25) is 0 Å². The van der Waals surface area contributed by atoms with Crippen molar-refractivity contribution in [1.29, 1.82) is 0 Å². The van der Waals surface area contributed by atoms with E-state index in [9.17, 15) is 0 Å². The number of benzene rings is 1. The van der Waals surface area contributed by atoms with E-state index in [2.05, 4.69) is 47.2 Å². The van der Waals surface area contributed by atoms with Crippen LogP contribution in [-0.4, -0.2) is 13.2 Å². The van der Waals surface area contributed by atoms with E-state index >= 15 is 0 Å². The van der Waals surface area contributed by atoms with E-state index in [1.165, 1.54) is 36.8 Å². The molecule has 0 atom stereocenters. The summed E-state index contributed by atoms with van der Waals surface area (Å²) in [6.07, 6.45) is 5.36. The van der Waals surface area contributed by atoms with Gasteiger partial charge in [0.05, 0.1) is 6.10 Å². The second-order valence-electron chi connectivity index (χ2n) is 5.74. The van der Waals surface area contributed by atoms with Crippen LogP contribution in [0, 0.1) is 12.8 Å². The van der Waals surface area contributed by atoms with Crippen LogP contribution < -0.4 is 10.1 Å². The first-order valence-electron chi connectivity index (χ1n) is 7.20. The van der Waals surface area contributed by atoms with Crippen LogP contribution in [0.15, 0.2) is 16.6 Å². The van der Waals surface area contributed by atoms with Crippen LogP contribution in [0.2, 0.25) is 0 Å². The number of aryl methyl sites for hydroxylation is 1. The third kappa shape index (κ3) is 3.96.